The predicted octanol–water partition coefficient (Wildman–Crippen LogP) is 3.86. The summed E-state index contributed by atoms with van der Waals surface area (Å²) in [5.41, 5.74) is 4.00. The monoisotopic (exact) mass is 484 g/mol. The summed E-state index contributed by atoms with van der Waals surface area (Å²) in [6.45, 7) is 3.77. The van der Waals surface area contributed by atoms with E-state index in [0.29, 0.717) is 42.4 Å². The second kappa shape index (κ2) is 8.88. The number of nitrogens with one attached hydrogen (secondary N) is 1. The van der Waals surface area contributed by atoms with Gasteiger partial charge in [0, 0.05) is 29.9 Å². The fraction of sp³-hybridized carbons (Fsp3) is 0.231. The van der Waals surface area contributed by atoms with Gasteiger partial charge in [0.1, 0.15) is 29.3 Å². The third-order valence-electron chi connectivity index (χ3n) is 6.22. The number of nitrogens with zero attached hydrogens (tertiary/aromatic N) is 5. The maximum Gasteiger partial charge on any atom is 0.343 e. The van der Waals surface area contributed by atoms with E-state index in [1.807, 2.05) is 42.6 Å². The van der Waals surface area contributed by atoms with Gasteiger partial charge < -0.3 is 24.1 Å². The molecule has 1 aliphatic heterocycles. The molecule has 0 spiro atoms. The van der Waals surface area contributed by atoms with Crippen molar-refractivity contribution in [2.45, 2.75) is 13.5 Å². The van der Waals surface area contributed by atoms with Crippen LogP contribution >= 0.6 is 0 Å². The molecule has 0 radical (unpaired) electrons. The molecule has 4 aromatic heterocycles. The Morgan fingerprint density at radius 1 is 1.22 bits per heavy atom. The van der Waals surface area contributed by atoms with Gasteiger partial charge in [-0.15, -0.1) is 0 Å². The molecule has 0 bridgehead atoms. The first-order valence-electron chi connectivity index (χ1n) is 11.7. The van der Waals surface area contributed by atoms with Crippen LogP contribution in [0.1, 0.15) is 22.8 Å². The summed E-state index contributed by atoms with van der Waals surface area (Å²) in [7, 11) is 1.65. The molecular formula is C26H24N6O4. The van der Waals surface area contributed by atoms with E-state index >= 15 is 0 Å². The zero-order chi connectivity index (χ0) is 24.6. The van der Waals surface area contributed by atoms with Gasteiger partial charge in [-0.1, -0.05) is 12.1 Å². The van der Waals surface area contributed by atoms with Gasteiger partial charge in [0.2, 0.25) is 0 Å². The first-order valence-corrected chi connectivity index (χ1v) is 11.7. The summed E-state index contributed by atoms with van der Waals surface area (Å²) in [5, 5.41) is 5.44. The number of H-pyrrole nitrogens is 1. The minimum atomic E-state index is -0.468. The molecule has 0 amide bonds. The van der Waals surface area contributed by atoms with Crippen LogP contribution in [0.2, 0.25) is 0 Å². The molecular weight excluding hydrogens is 460 g/mol. The summed E-state index contributed by atoms with van der Waals surface area (Å²) >= 11 is 0. The Bertz CT molecular complexity index is 1570. The number of anilines is 1. The molecule has 0 unspecified atom stereocenters. The zero-order valence-electron chi connectivity index (χ0n) is 19.9. The van der Waals surface area contributed by atoms with E-state index in [1.165, 1.54) is 6.20 Å². The number of hydrogen-bond acceptors (Lipinski definition) is 8. The van der Waals surface area contributed by atoms with Gasteiger partial charge in [0.05, 0.1) is 26.5 Å². The first-order chi connectivity index (χ1) is 17.7. The Morgan fingerprint density at radius 2 is 2.08 bits per heavy atom. The van der Waals surface area contributed by atoms with Crippen LogP contribution in [0.4, 0.5) is 5.82 Å². The molecule has 1 aliphatic rings. The van der Waals surface area contributed by atoms with E-state index in [2.05, 4.69) is 20.0 Å². The van der Waals surface area contributed by atoms with Crippen molar-refractivity contribution in [1.29, 1.82) is 0 Å². The normalized spacial score (nSPS) is 13.0. The van der Waals surface area contributed by atoms with E-state index in [9.17, 15) is 4.79 Å². The fourth-order valence-electron chi connectivity index (χ4n) is 4.53. The van der Waals surface area contributed by atoms with E-state index < -0.39 is 5.97 Å². The molecule has 10 heteroatoms. The highest BCUT2D eigenvalue weighted by atomic mass is 16.5. The second-order valence-corrected chi connectivity index (χ2v) is 8.35. The summed E-state index contributed by atoms with van der Waals surface area (Å²) in [6.07, 6.45) is 5.10. The van der Waals surface area contributed by atoms with Crippen LogP contribution in [0, 0.1) is 0 Å². The van der Waals surface area contributed by atoms with Crippen molar-refractivity contribution in [3.63, 3.8) is 0 Å². The minimum Gasteiger partial charge on any atom is -0.497 e. The average Bonchev–Trinajstić information content (AvgIpc) is 3.53. The minimum absolute atomic E-state index is 0.259. The number of hydrogen-bond donors (Lipinski definition) is 1. The molecule has 1 N–H and O–H groups in total. The van der Waals surface area contributed by atoms with Gasteiger partial charge in [0.25, 0.3) is 0 Å². The fourth-order valence-corrected chi connectivity index (χ4v) is 4.53. The van der Waals surface area contributed by atoms with Crippen molar-refractivity contribution in [2.75, 3.05) is 31.8 Å². The van der Waals surface area contributed by atoms with Crippen LogP contribution in [0.5, 0.6) is 11.5 Å². The standard InChI is InChI=1S/C26H24N6O4/c1-3-35-26(33)20-14-29-32-24(20)30-21(19-13-28-23-18(19)5-4-10-27-23)22-25(32)31(11-12-36-22)15-16-6-8-17(34-2)9-7-16/h4-10,13-14H,3,11-12,15H2,1-2H3,(H,27,28). The van der Waals surface area contributed by atoms with Crippen LogP contribution in [-0.4, -0.2) is 57.4 Å². The second-order valence-electron chi connectivity index (χ2n) is 8.35. The van der Waals surface area contributed by atoms with Crippen LogP contribution in [0.3, 0.4) is 0 Å². The highest BCUT2D eigenvalue weighted by molar-refractivity contribution is 5.99. The Morgan fingerprint density at radius 3 is 2.89 bits per heavy atom. The largest absolute Gasteiger partial charge is 0.497 e. The smallest absolute Gasteiger partial charge is 0.343 e. The molecule has 0 fully saturated rings. The molecule has 0 atom stereocenters. The molecule has 182 valence electrons. The number of methoxy groups -OCH3 is 1. The van der Waals surface area contributed by atoms with Crippen molar-refractivity contribution < 1.29 is 19.0 Å². The highest BCUT2D eigenvalue weighted by Gasteiger charge is 2.30. The quantitative estimate of drug-likeness (QED) is 0.362. The Balaban J connectivity index is 1.56. The van der Waals surface area contributed by atoms with Gasteiger partial charge in [-0.05, 0) is 36.8 Å². The average molecular weight is 485 g/mol. The number of esters is 1. The SMILES string of the molecule is CCOC(=O)c1cnn2c3c(c(-c4c[nH]c5ncccc45)nc12)OCCN3Cc1ccc(OC)cc1. The molecule has 6 rings (SSSR count). The molecule has 5 aromatic rings. The molecule has 36 heavy (non-hydrogen) atoms. The number of rotatable bonds is 6. The number of ether oxygens (including phenoxy) is 3. The number of fused-ring (bicyclic) bond motifs is 4. The van der Waals surface area contributed by atoms with E-state index in [1.54, 1.807) is 24.7 Å². The van der Waals surface area contributed by atoms with Gasteiger partial charge in [-0.25, -0.2) is 14.8 Å². The van der Waals surface area contributed by atoms with Crippen molar-refractivity contribution in [3.05, 3.63) is 66.1 Å². The van der Waals surface area contributed by atoms with E-state index in [-0.39, 0.29) is 6.61 Å². The Labute approximate surface area is 206 Å². The number of carbonyl (C=O) groups is 1. The van der Waals surface area contributed by atoms with Crippen molar-refractivity contribution in [1.82, 2.24) is 24.6 Å². The number of benzene rings is 1. The number of aromatic nitrogens is 5. The van der Waals surface area contributed by atoms with Crippen LogP contribution in [0.15, 0.2) is 55.0 Å². The lowest BCUT2D eigenvalue weighted by atomic mass is 10.1. The maximum atomic E-state index is 12.7. The summed E-state index contributed by atoms with van der Waals surface area (Å²) in [5.74, 6) is 1.66. The lowest BCUT2D eigenvalue weighted by Crippen LogP contribution is -2.34. The predicted molar refractivity (Wildman–Crippen MR) is 134 cm³/mol. The van der Waals surface area contributed by atoms with Crippen molar-refractivity contribution in [2.24, 2.45) is 0 Å². The third kappa shape index (κ3) is 3.58. The molecule has 0 saturated carbocycles. The van der Waals surface area contributed by atoms with Gasteiger partial charge in [0.15, 0.2) is 17.2 Å². The van der Waals surface area contributed by atoms with Gasteiger partial charge >= 0.3 is 5.97 Å². The van der Waals surface area contributed by atoms with Crippen LogP contribution in [0.25, 0.3) is 27.9 Å². The number of pyridine rings is 1. The maximum absolute atomic E-state index is 12.7. The lowest BCUT2D eigenvalue weighted by Gasteiger charge is -2.32. The third-order valence-corrected chi connectivity index (χ3v) is 6.22. The van der Waals surface area contributed by atoms with Gasteiger partial charge in [-0.3, -0.25) is 0 Å². The summed E-state index contributed by atoms with van der Waals surface area (Å²) < 4.78 is 18.5. The van der Waals surface area contributed by atoms with Crippen molar-refractivity contribution >= 4 is 28.5 Å². The van der Waals surface area contributed by atoms with E-state index in [0.717, 1.165) is 33.7 Å². The number of aromatic amines is 1. The Hall–Kier alpha value is -4.60. The van der Waals surface area contributed by atoms with Crippen LogP contribution < -0.4 is 14.4 Å². The summed E-state index contributed by atoms with van der Waals surface area (Å²) in [4.78, 5) is 27.4. The molecule has 10 nitrogen and oxygen atoms in total. The molecule has 1 aromatic carbocycles. The lowest BCUT2D eigenvalue weighted by molar-refractivity contribution is 0.0528. The van der Waals surface area contributed by atoms with E-state index in [4.69, 9.17) is 19.2 Å². The Kier molecular flexibility index (Phi) is 5.40. The topological polar surface area (TPSA) is 107 Å². The van der Waals surface area contributed by atoms with Gasteiger partial charge in [-0.2, -0.15) is 9.61 Å². The van der Waals surface area contributed by atoms with Crippen molar-refractivity contribution in [3.8, 4) is 22.8 Å². The highest BCUT2D eigenvalue weighted by Crippen LogP contribution is 2.42. The molecule has 5 heterocycles. The molecule has 0 aliphatic carbocycles. The zero-order valence-corrected chi connectivity index (χ0v) is 19.9. The number of carbonyl (C=O) groups excluding carboxylic acids is 1. The van der Waals surface area contributed by atoms with Crippen LogP contribution in [-0.2, 0) is 11.3 Å². The summed E-state index contributed by atoms with van der Waals surface area (Å²) in [6, 6.07) is 11.8. The molecule has 0 saturated heterocycles. The first kappa shape index (κ1) is 21.9.